The van der Waals surface area contributed by atoms with Gasteiger partial charge >= 0.3 is 0 Å². The molecule has 0 aromatic heterocycles. The predicted octanol–water partition coefficient (Wildman–Crippen LogP) is 5.13. The van der Waals surface area contributed by atoms with Crippen molar-refractivity contribution in [3.05, 3.63) is 0 Å². The normalized spacial score (nSPS) is 56.0. The Balaban J connectivity index is 1.47. The van der Waals surface area contributed by atoms with Crippen LogP contribution >= 0.6 is 0 Å². The highest BCUT2D eigenvalue weighted by molar-refractivity contribution is 4.99. The molecule has 0 amide bonds. The smallest absolute Gasteiger partial charge is 0.0354 e. The Hall–Kier alpha value is 0. The van der Waals surface area contributed by atoms with Crippen LogP contribution in [0.25, 0.3) is 0 Å². The van der Waals surface area contributed by atoms with Crippen LogP contribution in [0.4, 0.5) is 0 Å². The third-order valence-corrected chi connectivity index (χ3v) is 7.79. The highest BCUT2D eigenvalue weighted by Gasteiger charge is 2.49. The molecule has 0 radical (unpaired) electrons. The largest absolute Gasteiger partial charge is 0.0620 e. The summed E-state index contributed by atoms with van der Waals surface area (Å²) in [7, 11) is 0. The SMILES string of the molecule is CC1C2CCCC2CC1C(C)C1CC2CCC1C2. The second kappa shape index (κ2) is 4.25. The second-order valence-corrected chi connectivity index (χ2v) is 8.31. The molecule has 0 aromatic carbocycles. The van der Waals surface area contributed by atoms with Gasteiger partial charge in [-0.05, 0) is 79.4 Å². The quantitative estimate of drug-likeness (QED) is 0.633. The van der Waals surface area contributed by atoms with E-state index in [9.17, 15) is 0 Å². The summed E-state index contributed by atoms with van der Waals surface area (Å²) in [5.41, 5.74) is 0. The Morgan fingerprint density at radius 2 is 1.72 bits per heavy atom. The summed E-state index contributed by atoms with van der Waals surface area (Å²) >= 11 is 0. The van der Waals surface area contributed by atoms with Crippen molar-refractivity contribution in [1.29, 1.82) is 0 Å². The second-order valence-electron chi connectivity index (χ2n) is 8.31. The molecule has 4 aliphatic carbocycles. The number of rotatable bonds is 2. The van der Waals surface area contributed by atoms with E-state index in [2.05, 4.69) is 13.8 Å². The molecule has 0 aliphatic heterocycles. The molecule has 4 saturated carbocycles. The molecule has 0 saturated heterocycles. The van der Waals surface area contributed by atoms with Gasteiger partial charge in [-0.3, -0.25) is 0 Å². The summed E-state index contributed by atoms with van der Waals surface area (Å²) in [4.78, 5) is 0. The zero-order valence-corrected chi connectivity index (χ0v) is 12.3. The molecule has 0 heterocycles. The standard InChI is InChI=1S/C18H30/c1-11-16-5-3-4-14(16)10-17(11)12(2)18-9-13-6-7-15(18)8-13/h11-18H,3-10H2,1-2H3. The fraction of sp³-hybridized carbons (Fsp3) is 1.00. The predicted molar refractivity (Wildman–Crippen MR) is 76.2 cm³/mol. The van der Waals surface area contributed by atoms with Gasteiger partial charge in [-0.2, -0.15) is 0 Å². The highest BCUT2D eigenvalue weighted by atomic mass is 14.5. The Morgan fingerprint density at radius 1 is 0.833 bits per heavy atom. The van der Waals surface area contributed by atoms with E-state index in [-0.39, 0.29) is 0 Å². The molecule has 0 heteroatoms. The van der Waals surface area contributed by atoms with E-state index in [1.54, 1.807) is 44.9 Å². The zero-order valence-electron chi connectivity index (χ0n) is 12.3. The van der Waals surface area contributed by atoms with Crippen molar-refractivity contribution in [1.82, 2.24) is 0 Å². The van der Waals surface area contributed by atoms with E-state index in [1.807, 2.05) is 0 Å². The van der Waals surface area contributed by atoms with Gasteiger partial charge in [0, 0.05) is 0 Å². The van der Waals surface area contributed by atoms with E-state index >= 15 is 0 Å². The summed E-state index contributed by atoms with van der Waals surface area (Å²) in [6.45, 7) is 5.23. The van der Waals surface area contributed by atoms with Crippen LogP contribution in [0.5, 0.6) is 0 Å². The summed E-state index contributed by atoms with van der Waals surface area (Å²) in [5.74, 6) is 8.82. The lowest BCUT2D eigenvalue weighted by molar-refractivity contribution is 0.143. The van der Waals surface area contributed by atoms with Crippen molar-refractivity contribution in [2.75, 3.05) is 0 Å². The molecule has 8 atom stereocenters. The molecule has 2 bridgehead atoms. The number of hydrogen-bond donors (Lipinski definition) is 0. The van der Waals surface area contributed by atoms with Crippen LogP contribution in [0, 0.1) is 47.3 Å². The van der Waals surface area contributed by atoms with Gasteiger partial charge in [0.05, 0.1) is 0 Å². The van der Waals surface area contributed by atoms with E-state index in [0.717, 1.165) is 47.3 Å². The third kappa shape index (κ3) is 1.63. The Kier molecular flexibility index (Phi) is 2.79. The minimum absolute atomic E-state index is 1.04. The molecular formula is C18H30. The minimum atomic E-state index is 1.04. The molecule has 4 rings (SSSR count). The minimum Gasteiger partial charge on any atom is -0.0620 e. The van der Waals surface area contributed by atoms with Crippen LogP contribution < -0.4 is 0 Å². The topological polar surface area (TPSA) is 0 Å². The van der Waals surface area contributed by atoms with Crippen LogP contribution in [0.1, 0.15) is 65.2 Å². The van der Waals surface area contributed by atoms with Crippen LogP contribution in [0.2, 0.25) is 0 Å². The van der Waals surface area contributed by atoms with Crippen LogP contribution in [0.3, 0.4) is 0 Å². The van der Waals surface area contributed by atoms with Crippen LogP contribution in [0.15, 0.2) is 0 Å². The maximum Gasteiger partial charge on any atom is -0.0354 e. The Morgan fingerprint density at radius 3 is 2.39 bits per heavy atom. The summed E-state index contributed by atoms with van der Waals surface area (Å²) < 4.78 is 0. The molecule has 0 aromatic rings. The number of hydrogen-bond acceptors (Lipinski definition) is 0. The molecule has 102 valence electrons. The number of fused-ring (bicyclic) bond motifs is 3. The maximum absolute atomic E-state index is 2.63. The van der Waals surface area contributed by atoms with Gasteiger partial charge in [0.25, 0.3) is 0 Å². The first-order valence-corrected chi connectivity index (χ1v) is 8.74. The fourth-order valence-corrected chi connectivity index (χ4v) is 6.88. The third-order valence-electron chi connectivity index (χ3n) is 7.79. The van der Waals surface area contributed by atoms with E-state index in [1.165, 1.54) is 6.42 Å². The van der Waals surface area contributed by atoms with Crippen molar-refractivity contribution in [2.24, 2.45) is 47.3 Å². The van der Waals surface area contributed by atoms with Gasteiger partial charge in [0.15, 0.2) is 0 Å². The average Bonchev–Trinajstić information content (AvgIpc) is 3.09. The summed E-state index contributed by atoms with van der Waals surface area (Å²) in [6, 6.07) is 0. The highest BCUT2D eigenvalue weighted by Crippen LogP contribution is 2.58. The first kappa shape index (κ1) is 11.8. The summed E-state index contributed by atoms with van der Waals surface area (Å²) in [5, 5.41) is 0. The lowest BCUT2D eigenvalue weighted by atomic mass is 9.71. The van der Waals surface area contributed by atoms with Gasteiger partial charge in [0.1, 0.15) is 0 Å². The van der Waals surface area contributed by atoms with Crippen LogP contribution in [-0.4, -0.2) is 0 Å². The van der Waals surface area contributed by atoms with Crippen molar-refractivity contribution in [3.8, 4) is 0 Å². The molecule has 4 aliphatic rings. The first-order valence-electron chi connectivity index (χ1n) is 8.74. The van der Waals surface area contributed by atoms with Gasteiger partial charge in [-0.25, -0.2) is 0 Å². The van der Waals surface area contributed by atoms with E-state index in [0.29, 0.717) is 0 Å². The Bertz CT molecular complexity index is 320. The lowest BCUT2D eigenvalue weighted by Crippen LogP contribution is -2.28. The van der Waals surface area contributed by atoms with Crippen molar-refractivity contribution < 1.29 is 0 Å². The molecule has 0 nitrogen and oxygen atoms in total. The van der Waals surface area contributed by atoms with E-state index in [4.69, 9.17) is 0 Å². The maximum atomic E-state index is 2.63. The molecule has 0 N–H and O–H groups in total. The lowest BCUT2D eigenvalue weighted by Gasteiger charge is -2.35. The van der Waals surface area contributed by atoms with Crippen LogP contribution in [-0.2, 0) is 0 Å². The molecule has 0 spiro atoms. The van der Waals surface area contributed by atoms with Gasteiger partial charge in [-0.15, -0.1) is 0 Å². The fourth-order valence-electron chi connectivity index (χ4n) is 6.88. The molecule has 8 unspecified atom stereocenters. The summed E-state index contributed by atoms with van der Waals surface area (Å²) in [6.07, 6.45) is 12.6. The van der Waals surface area contributed by atoms with Gasteiger partial charge < -0.3 is 0 Å². The van der Waals surface area contributed by atoms with Crippen molar-refractivity contribution in [3.63, 3.8) is 0 Å². The molecule has 4 fully saturated rings. The van der Waals surface area contributed by atoms with Crippen molar-refractivity contribution >= 4 is 0 Å². The van der Waals surface area contributed by atoms with Crippen molar-refractivity contribution in [2.45, 2.75) is 65.2 Å². The zero-order chi connectivity index (χ0) is 12.3. The average molecular weight is 246 g/mol. The first-order chi connectivity index (χ1) is 8.74. The van der Waals surface area contributed by atoms with E-state index < -0.39 is 0 Å². The van der Waals surface area contributed by atoms with Gasteiger partial charge in [-0.1, -0.05) is 33.1 Å². The Labute approximate surface area is 113 Å². The molecular weight excluding hydrogens is 216 g/mol. The molecule has 18 heavy (non-hydrogen) atoms. The monoisotopic (exact) mass is 246 g/mol. The van der Waals surface area contributed by atoms with Gasteiger partial charge in [0.2, 0.25) is 0 Å².